The van der Waals surface area contributed by atoms with Crippen LogP contribution in [0.2, 0.25) is 0 Å². The van der Waals surface area contributed by atoms with Crippen molar-refractivity contribution >= 4 is 47.5 Å². The van der Waals surface area contributed by atoms with E-state index in [2.05, 4.69) is 9.97 Å². The fourth-order valence-electron chi connectivity index (χ4n) is 10.9. The highest BCUT2D eigenvalue weighted by molar-refractivity contribution is 5.94. The minimum absolute atomic E-state index is 0.0574. The molecule has 22 heteroatoms. The molecule has 5 rings (SSSR count). The van der Waals surface area contributed by atoms with Gasteiger partial charge < -0.3 is 57.5 Å². The second kappa shape index (κ2) is 33.5. The first-order valence-corrected chi connectivity index (χ1v) is 30.7. The van der Waals surface area contributed by atoms with Crippen LogP contribution in [0.1, 0.15) is 128 Å². The van der Waals surface area contributed by atoms with Gasteiger partial charge in [0.25, 0.3) is 35.4 Å². The molecule has 0 saturated carbocycles. The third-order valence-electron chi connectivity index (χ3n) is 15.9. The molecule has 4 aromatic rings. The quantitative estimate of drug-likeness (QED) is 0.0608. The van der Waals surface area contributed by atoms with Crippen LogP contribution in [-0.2, 0) is 83.0 Å². The molecule has 1 aliphatic heterocycles. The van der Waals surface area contributed by atoms with E-state index in [1.165, 1.54) is 70.5 Å². The molecular weight excluding hydrogens is 1160 g/mol. The van der Waals surface area contributed by atoms with Gasteiger partial charge in [0.1, 0.15) is 24.2 Å². The Labute approximate surface area is 530 Å². The van der Waals surface area contributed by atoms with E-state index in [1.807, 2.05) is 91.8 Å². The molecule has 4 amide bonds. The summed E-state index contributed by atoms with van der Waals surface area (Å²) in [4.78, 5) is 131. The highest BCUT2D eigenvalue weighted by Crippen LogP contribution is 2.32. The van der Waals surface area contributed by atoms with E-state index >= 15 is 9.59 Å². The summed E-state index contributed by atoms with van der Waals surface area (Å²) in [6, 6.07) is 12.9. The number of cyclic esters (lactones) is 4. The lowest BCUT2D eigenvalue weighted by molar-refractivity contribution is -0.176. The van der Waals surface area contributed by atoms with Crippen LogP contribution in [0.25, 0.3) is 0 Å². The molecule has 1 aliphatic rings. The SMILES string of the molecule is COc1nccc(Cc2ccc(C[C@H]3OC(=O)[C@H](CC(C)C)N(C)C(=O)[C@@H](C)OC(=O)[C@H](CC(C)C)N(C)C(=O)[C@@H](Cc4ccc(Cc5ccnc(OC)c5OC)cc4)OC(=O)[C@H](CC(C)C)N(C)C(=O)[C@@H](C)OC(=O)[C@H](CC(C)C)N(C)C3=O)cc2)c1OC. The van der Waals surface area contributed by atoms with Gasteiger partial charge in [0.05, 0.1) is 28.4 Å². The predicted molar refractivity (Wildman–Crippen MR) is 336 cm³/mol. The molecule has 1 saturated heterocycles. The highest BCUT2D eigenvalue weighted by Gasteiger charge is 2.43. The Hall–Kier alpha value is -8.30. The first kappa shape index (κ1) is 72.4. The van der Waals surface area contributed by atoms with Crippen LogP contribution in [0.4, 0.5) is 0 Å². The molecule has 0 bridgehead atoms. The van der Waals surface area contributed by atoms with Crippen LogP contribution in [0.3, 0.4) is 0 Å². The smallest absolute Gasteiger partial charge is 0.329 e. The normalized spacial score (nSPS) is 21.8. The molecule has 2 aromatic heterocycles. The molecule has 3 heterocycles. The number of hydrogen-bond acceptors (Lipinski definition) is 18. The van der Waals surface area contributed by atoms with Gasteiger partial charge in [-0.1, -0.05) is 104 Å². The lowest BCUT2D eigenvalue weighted by atomic mass is 9.99. The maximum Gasteiger partial charge on any atom is 0.329 e. The number of pyridine rings is 2. The van der Waals surface area contributed by atoms with Gasteiger partial charge in [0, 0.05) is 77.4 Å². The number of likely N-dealkylation sites (N-methyl/N-ethyl adjacent to an activating group) is 4. The number of carbonyl (C=O) groups excluding carboxylic acids is 8. The summed E-state index contributed by atoms with van der Waals surface area (Å²) in [5.41, 5.74) is 4.51. The van der Waals surface area contributed by atoms with Gasteiger partial charge in [-0.25, -0.2) is 29.1 Å². The molecule has 8 atom stereocenters. The average Bonchev–Trinajstić information content (AvgIpc) is 1.88. The average molecular weight is 1250 g/mol. The molecule has 1 fully saturated rings. The number of nitrogens with zero attached hydrogens (tertiary/aromatic N) is 6. The molecule has 90 heavy (non-hydrogen) atoms. The fourth-order valence-corrected chi connectivity index (χ4v) is 10.9. The number of methoxy groups -OCH3 is 4. The summed E-state index contributed by atoms with van der Waals surface area (Å²) in [7, 11) is 11.6. The second-order valence-corrected chi connectivity index (χ2v) is 24.8. The van der Waals surface area contributed by atoms with E-state index in [9.17, 15) is 28.8 Å². The van der Waals surface area contributed by atoms with Crippen molar-refractivity contribution in [2.45, 2.75) is 169 Å². The first-order valence-electron chi connectivity index (χ1n) is 30.7. The molecule has 0 radical (unpaired) electrons. The fraction of sp³-hybridized carbons (Fsp3) is 0.559. The number of esters is 4. The van der Waals surface area contributed by atoms with E-state index in [4.69, 9.17) is 37.9 Å². The van der Waals surface area contributed by atoms with Crippen molar-refractivity contribution in [3.63, 3.8) is 0 Å². The van der Waals surface area contributed by atoms with Gasteiger partial charge in [-0.05, 0) is 97.6 Å². The Morgan fingerprint density at radius 3 is 0.922 bits per heavy atom. The number of hydrogen-bond donors (Lipinski definition) is 0. The molecule has 22 nitrogen and oxygen atoms in total. The topological polar surface area (TPSA) is 249 Å². The molecule has 0 spiro atoms. The zero-order valence-electron chi connectivity index (χ0n) is 55.7. The largest absolute Gasteiger partial charge is 0.491 e. The number of carbonyl (C=O) groups is 8. The van der Waals surface area contributed by atoms with Crippen LogP contribution in [0.15, 0.2) is 73.1 Å². The van der Waals surface area contributed by atoms with Gasteiger partial charge in [0.2, 0.25) is 0 Å². The Morgan fingerprint density at radius 1 is 0.389 bits per heavy atom. The second-order valence-electron chi connectivity index (χ2n) is 24.8. The van der Waals surface area contributed by atoms with Gasteiger partial charge in [-0.15, -0.1) is 0 Å². The molecule has 2 aromatic carbocycles. The Kier molecular flexibility index (Phi) is 27.0. The van der Waals surface area contributed by atoms with Crippen molar-refractivity contribution in [1.82, 2.24) is 29.6 Å². The number of rotatable bonds is 20. The van der Waals surface area contributed by atoms with E-state index < -0.39 is 96.1 Å². The van der Waals surface area contributed by atoms with Crippen LogP contribution in [-0.4, -0.2) is 182 Å². The third kappa shape index (κ3) is 19.4. The molecule has 492 valence electrons. The van der Waals surface area contributed by atoms with Crippen LogP contribution >= 0.6 is 0 Å². The Morgan fingerprint density at radius 2 is 0.656 bits per heavy atom. The third-order valence-corrected chi connectivity index (χ3v) is 15.9. The zero-order chi connectivity index (χ0) is 66.8. The number of amides is 4. The van der Waals surface area contributed by atoms with Crippen molar-refractivity contribution in [2.75, 3.05) is 56.6 Å². The first-order chi connectivity index (χ1) is 42.5. The molecule has 0 aliphatic carbocycles. The summed E-state index contributed by atoms with van der Waals surface area (Å²) in [6.07, 6.45) is -2.21. The van der Waals surface area contributed by atoms with E-state index in [0.717, 1.165) is 41.9 Å². The maximum atomic E-state index is 15.2. The van der Waals surface area contributed by atoms with Crippen LogP contribution in [0.5, 0.6) is 23.3 Å². The molecule has 0 unspecified atom stereocenters. The molecule has 0 N–H and O–H groups in total. The zero-order valence-corrected chi connectivity index (χ0v) is 55.7. The van der Waals surface area contributed by atoms with E-state index in [1.54, 1.807) is 36.7 Å². The summed E-state index contributed by atoms with van der Waals surface area (Å²) in [5.74, 6) is -6.12. The molecular formula is C68H94N6O16. The van der Waals surface area contributed by atoms with Gasteiger partial charge in [-0.3, -0.25) is 19.2 Å². The van der Waals surface area contributed by atoms with Gasteiger partial charge >= 0.3 is 23.9 Å². The van der Waals surface area contributed by atoms with Crippen molar-refractivity contribution in [2.24, 2.45) is 23.7 Å². The van der Waals surface area contributed by atoms with Crippen molar-refractivity contribution in [3.8, 4) is 23.3 Å². The van der Waals surface area contributed by atoms with Gasteiger partial charge in [0.15, 0.2) is 35.9 Å². The summed E-state index contributed by atoms with van der Waals surface area (Å²) in [5, 5.41) is 0. The summed E-state index contributed by atoms with van der Waals surface area (Å²) < 4.78 is 46.4. The number of benzene rings is 2. The maximum absolute atomic E-state index is 15.2. The summed E-state index contributed by atoms with van der Waals surface area (Å²) in [6.45, 7) is 17.5. The highest BCUT2D eigenvalue weighted by atomic mass is 16.6. The number of aromatic nitrogens is 2. The minimum atomic E-state index is -1.58. The lowest BCUT2D eigenvalue weighted by Crippen LogP contribution is -2.55. The van der Waals surface area contributed by atoms with Crippen molar-refractivity contribution in [1.29, 1.82) is 0 Å². The Balaban J connectivity index is 1.59. The predicted octanol–water partition coefficient (Wildman–Crippen LogP) is 7.67. The van der Waals surface area contributed by atoms with Crippen LogP contribution < -0.4 is 18.9 Å². The van der Waals surface area contributed by atoms with Crippen LogP contribution in [0, 0.1) is 23.7 Å². The Bertz CT molecular complexity index is 2880. The number of ether oxygens (including phenoxy) is 8. The summed E-state index contributed by atoms with van der Waals surface area (Å²) >= 11 is 0. The minimum Gasteiger partial charge on any atom is -0.491 e. The lowest BCUT2D eigenvalue weighted by Gasteiger charge is -2.35. The van der Waals surface area contributed by atoms with Gasteiger partial charge in [-0.2, -0.15) is 0 Å². The van der Waals surface area contributed by atoms with E-state index in [0.29, 0.717) is 47.2 Å². The standard InChI is InChI=1S/C68H94N6O16/c1-39(2)31-51-65(79)87-43(9)61(75)71(11)54(34-42(7)8)68(82)90-56(38-48-25-21-46(22-26-48)36-50-28-30-70-60(86-18)58(50)84-16)64(78)74(14)52(32-40(3)4)66(80)88-44(10)62(76)72(12)53(33-41(5)6)67(81)89-55(63(77)73(51)13)37-47-23-19-45(20-24-47)35-49-27-29-69-59(85-17)57(49)83-15/h19-30,39-44,51-56H,31-38H2,1-18H3/t43-,44-,51+,52+,53+,54+,55-,56-/m1/s1. The van der Waals surface area contributed by atoms with E-state index in [-0.39, 0.29) is 62.2 Å². The van der Waals surface area contributed by atoms with Crippen molar-refractivity contribution < 1.29 is 76.3 Å². The monoisotopic (exact) mass is 1250 g/mol. The van der Waals surface area contributed by atoms with Crippen molar-refractivity contribution in [3.05, 3.63) is 106 Å².